The molecule has 270 valence electrons. The summed E-state index contributed by atoms with van der Waals surface area (Å²) in [4.78, 5) is 13.9. The molecule has 7 aliphatic rings. The van der Waals surface area contributed by atoms with E-state index in [0.717, 1.165) is 38.5 Å². The molecule has 0 bridgehead atoms. The third-order valence-electron chi connectivity index (χ3n) is 16.3. The molecule has 7 nitrogen and oxygen atoms in total. The Hall–Kier alpha value is -1.25. The predicted molar refractivity (Wildman–Crippen MR) is 185 cm³/mol. The van der Waals surface area contributed by atoms with Crippen molar-refractivity contribution < 1.29 is 33.6 Å². The number of aliphatic hydroxyl groups is 1. The van der Waals surface area contributed by atoms with Gasteiger partial charge in [-0.25, -0.2) is 0 Å². The average molecular weight is 669 g/mol. The molecule has 5 saturated carbocycles. The van der Waals surface area contributed by atoms with E-state index in [-0.39, 0.29) is 39.8 Å². The van der Waals surface area contributed by atoms with Gasteiger partial charge >= 0.3 is 5.97 Å². The second-order valence-corrected chi connectivity index (χ2v) is 19.0. The molecule has 0 aromatic rings. The van der Waals surface area contributed by atoms with Gasteiger partial charge < -0.3 is 28.8 Å². The number of carbonyl (C=O) groups is 1. The largest absolute Gasteiger partial charge is 0.461 e. The maximum Gasteiger partial charge on any atom is 0.312 e. The molecule has 0 spiro atoms. The van der Waals surface area contributed by atoms with Gasteiger partial charge in [-0.05, 0) is 136 Å². The van der Waals surface area contributed by atoms with E-state index in [2.05, 4.69) is 54.7 Å². The zero-order valence-electron chi connectivity index (χ0n) is 31.1. The van der Waals surface area contributed by atoms with Gasteiger partial charge in [0.05, 0.1) is 18.1 Å². The van der Waals surface area contributed by atoms with Gasteiger partial charge in [-0.1, -0.05) is 59.4 Å². The quantitative estimate of drug-likeness (QED) is 0.175. The van der Waals surface area contributed by atoms with Crippen LogP contribution in [-0.2, 0) is 28.5 Å². The van der Waals surface area contributed by atoms with Crippen LogP contribution in [-0.4, -0.2) is 60.8 Å². The Morgan fingerprint density at radius 3 is 2.35 bits per heavy atom. The molecule has 14 atom stereocenters. The van der Waals surface area contributed by atoms with Crippen molar-refractivity contribution in [2.24, 2.45) is 56.7 Å². The summed E-state index contributed by atoms with van der Waals surface area (Å²) in [6, 6.07) is 0. The minimum Gasteiger partial charge on any atom is -0.461 e. The Labute approximate surface area is 289 Å². The van der Waals surface area contributed by atoms with E-state index >= 15 is 0 Å². The van der Waals surface area contributed by atoms with Crippen LogP contribution < -0.4 is 0 Å². The molecule has 2 saturated heterocycles. The molecule has 0 radical (unpaired) electrons. The number of allylic oxidation sites excluding steroid dienone is 1. The molecule has 7 heteroatoms. The highest BCUT2D eigenvalue weighted by atomic mass is 16.8. The van der Waals surface area contributed by atoms with Crippen molar-refractivity contribution in [1.29, 1.82) is 0 Å². The van der Waals surface area contributed by atoms with E-state index in [9.17, 15) is 9.90 Å². The van der Waals surface area contributed by atoms with Gasteiger partial charge in [0.15, 0.2) is 12.1 Å². The fourth-order valence-electron chi connectivity index (χ4n) is 14.0. The first kappa shape index (κ1) is 35.2. The van der Waals surface area contributed by atoms with Gasteiger partial charge in [-0.3, -0.25) is 4.79 Å². The molecular formula is C41H64O7. The zero-order chi connectivity index (χ0) is 34.7. The van der Waals surface area contributed by atoms with Gasteiger partial charge in [0.2, 0.25) is 0 Å². The van der Waals surface area contributed by atoms with Crippen LogP contribution in [0.2, 0.25) is 0 Å². The molecule has 0 unspecified atom stereocenters. The van der Waals surface area contributed by atoms with E-state index in [1.54, 1.807) is 6.08 Å². The minimum absolute atomic E-state index is 0.00919. The predicted octanol–water partition coefficient (Wildman–Crippen LogP) is 8.00. The topological polar surface area (TPSA) is 83.5 Å². The molecule has 0 aromatic carbocycles. The second kappa shape index (κ2) is 11.6. The van der Waals surface area contributed by atoms with Crippen LogP contribution in [0, 0.1) is 56.7 Å². The smallest absolute Gasteiger partial charge is 0.312 e. The third kappa shape index (κ3) is 4.86. The van der Waals surface area contributed by atoms with Gasteiger partial charge in [0.1, 0.15) is 24.9 Å². The maximum absolute atomic E-state index is 13.9. The Morgan fingerprint density at radius 2 is 1.65 bits per heavy atom. The van der Waals surface area contributed by atoms with E-state index in [1.807, 2.05) is 13.8 Å². The third-order valence-corrected chi connectivity index (χ3v) is 16.3. The van der Waals surface area contributed by atoms with Crippen LogP contribution >= 0.6 is 0 Å². The highest BCUT2D eigenvalue weighted by Crippen LogP contribution is 2.77. The summed E-state index contributed by atoms with van der Waals surface area (Å²) in [5, 5.41) is 11.3. The Bertz CT molecular complexity index is 1310. The number of hydrogen-bond donors (Lipinski definition) is 1. The summed E-state index contributed by atoms with van der Waals surface area (Å²) in [6.07, 6.45) is 10.2. The first-order valence-electron chi connectivity index (χ1n) is 19.2. The molecule has 48 heavy (non-hydrogen) atoms. The summed E-state index contributed by atoms with van der Waals surface area (Å²) in [5.74, 6) is 1.56. The monoisotopic (exact) mass is 668 g/mol. The molecule has 7 rings (SSSR count). The second-order valence-electron chi connectivity index (χ2n) is 19.0. The van der Waals surface area contributed by atoms with E-state index in [0.29, 0.717) is 42.8 Å². The van der Waals surface area contributed by atoms with E-state index in [1.165, 1.54) is 31.3 Å². The average Bonchev–Trinajstić information content (AvgIpc) is 3.57. The van der Waals surface area contributed by atoms with Crippen molar-refractivity contribution in [3.8, 4) is 0 Å². The van der Waals surface area contributed by atoms with Crippen LogP contribution in [0.15, 0.2) is 24.8 Å². The molecule has 2 aliphatic heterocycles. The lowest BCUT2D eigenvalue weighted by Crippen LogP contribution is -2.67. The van der Waals surface area contributed by atoms with E-state index in [4.69, 9.17) is 23.7 Å². The standard InChI is InChI=1S/C41H64O7/c1-11-22-44-35(43)41-19-14-25(24(2)3)31(41)26-12-13-29-38(8)17-16-30(46-34-32(42)33-27(23-45-34)47-37(6,7)48-33)36(4,5)28(38)15-18-40(29,10)39(26,9)20-21-41/h11,25-34,42H,1-2,12-23H2,3-10H3/t25-,26+,27-,28-,29+,30-,31+,32+,33-,34-,38-,39+,40+,41-/m0/s1. The molecular weight excluding hydrogens is 604 g/mol. The lowest BCUT2D eigenvalue weighted by Gasteiger charge is -2.73. The van der Waals surface area contributed by atoms with Crippen LogP contribution in [0.5, 0.6) is 0 Å². The van der Waals surface area contributed by atoms with Gasteiger partial charge in [-0.2, -0.15) is 0 Å². The summed E-state index contributed by atoms with van der Waals surface area (Å²) in [5.41, 5.74) is 1.30. The first-order valence-corrected chi connectivity index (χ1v) is 19.2. The van der Waals surface area contributed by atoms with Crippen molar-refractivity contribution >= 4 is 5.97 Å². The molecule has 0 amide bonds. The summed E-state index contributed by atoms with van der Waals surface area (Å²) in [7, 11) is 0. The van der Waals surface area contributed by atoms with Crippen LogP contribution in [0.3, 0.4) is 0 Å². The lowest BCUT2D eigenvalue weighted by atomic mass is 9.32. The summed E-state index contributed by atoms with van der Waals surface area (Å²) >= 11 is 0. The Kier molecular flexibility index (Phi) is 8.52. The number of hydrogen-bond acceptors (Lipinski definition) is 7. The lowest BCUT2D eigenvalue weighted by molar-refractivity contribution is -0.302. The van der Waals surface area contributed by atoms with Gasteiger partial charge in [-0.15, -0.1) is 0 Å². The van der Waals surface area contributed by atoms with Gasteiger partial charge in [0.25, 0.3) is 0 Å². The number of carbonyl (C=O) groups excluding carboxylic acids is 1. The van der Waals surface area contributed by atoms with Crippen molar-refractivity contribution in [3.05, 3.63) is 24.8 Å². The first-order chi connectivity index (χ1) is 22.4. The zero-order valence-corrected chi connectivity index (χ0v) is 31.1. The molecule has 7 fully saturated rings. The van der Waals surface area contributed by atoms with Crippen molar-refractivity contribution in [2.45, 2.75) is 156 Å². The Balaban J connectivity index is 1.13. The van der Waals surface area contributed by atoms with Crippen molar-refractivity contribution in [3.63, 3.8) is 0 Å². The number of fused-ring (bicyclic) bond motifs is 8. The molecule has 2 heterocycles. The SMILES string of the molecule is C=CCOC(=O)[C@]12CC[C@@H](C(=C)C)[C@@H]1[C@H]1CC[C@@H]3[C@@]4(C)CC[C@H](O[C@@H]5OC[C@@H]6OC(C)(C)O[C@@H]6[C@H]5O)C(C)(C)[C@@H]4CC[C@@]3(C)[C@]1(C)CC2. The summed E-state index contributed by atoms with van der Waals surface area (Å²) in [6.45, 7) is 27.6. The van der Waals surface area contributed by atoms with Crippen molar-refractivity contribution in [1.82, 2.24) is 0 Å². The molecule has 0 aromatic heterocycles. The number of rotatable bonds is 6. The van der Waals surface area contributed by atoms with Crippen LogP contribution in [0.25, 0.3) is 0 Å². The van der Waals surface area contributed by atoms with Crippen LogP contribution in [0.4, 0.5) is 0 Å². The maximum atomic E-state index is 13.9. The number of aliphatic hydroxyl groups excluding tert-OH is 1. The highest BCUT2D eigenvalue weighted by molar-refractivity contribution is 5.78. The number of esters is 1. The fraction of sp³-hybridized carbons (Fsp3) is 0.878. The Morgan fingerprint density at radius 1 is 0.896 bits per heavy atom. The summed E-state index contributed by atoms with van der Waals surface area (Å²) < 4.78 is 30.8. The van der Waals surface area contributed by atoms with Gasteiger partial charge in [0, 0.05) is 0 Å². The number of ether oxygens (including phenoxy) is 5. The van der Waals surface area contributed by atoms with Crippen LogP contribution in [0.1, 0.15) is 120 Å². The fourth-order valence-corrected chi connectivity index (χ4v) is 14.0. The molecule has 5 aliphatic carbocycles. The normalized spacial score (nSPS) is 51.8. The minimum atomic E-state index is -0.884. The molecule has 1 N–H and O–H groups in total. The van der Waals surface area contributed by atoms with Crippen molar-refractivity contribution in [2.75, 3.05) is 13.2 Å². The van der Waals surface area contributed by atoms with E-state index < -0.39 is 29.7 Å². The highest BCUT2D eigenvalue weighted by Gasteiger charge is 2.72.